The van der Waals surface area contributed by atoms with E-state index in [1.54, 1.807) is 0 Å². The van der Waals surface area contributed by atoms with Crippen molar-refractivity contribution in [2.75, 3.05) is 13.2 Å². The first kappa shape index (κ1) is 5.97. The molecule has 56 valence electrons. The average molecular weight is 143 g/mol. The number of hydrogen-bond acceptors (Lipinski definition) is 2. The molecule has 3 saturated heterocycles. The Kier molecular flexibility index (Phi) is 1.11. The van der Waals surface area contributed by atoms with Crippen LogP contribution in [0.5, 0.6) is 0 Å². The van der Waals surface area contributed by atoms with E-state index in [1.807, 2.05) is 0 Å². The molecule has 3 fully saturated rings. The lowest BCUT2D eigenvalue weighted by atomic mass is 9.92. The predicted octanol–water partition coefficient (Wildman–Crippen LogP) is 0.138. The van der Waals surface area contributed by atoms with E-state index < -0.39 is 6.09 Å². The third-order valence-electron chi connectivity index (χ3n) is 2.17. The minimum Gasteiger partial charge on any atom is -0.465 e. The summed E-state index contributed by atoms with van der Waals surface area (Å²) < 4.78 is 5.11. The van der Waals surface area contributed by atoms with Crippen LogP contribution in [0.3, 0.4) is 0 Å². The minimum atomic E-state index is -0.801. The lowest BCUT2D eigenvalue weighted by Crippen LogP contribution is -2.65. The maximum Gasteiger partial charge on any atom is 0.407 e. The van der Waals surface area contributed by atoms with E-state index in [1.165, 1.54) is 4.90 Å². The van der Waals surface area contributed by atoms with Gasteiger partial charge >= 0.3 is 6.09 Å². The van der Waals surface area contributed by atoms with Gasteiger partial charge < -0.3 is 9.84 Å². The first-order chi connectivity index (χ1) is 4.79. The number of amides is 1. The number of carboxylic acid groups (broad SMARTS) is 1. The van der Waals surface area contributed by atoms with Crippen LogP contribution in [0.15, 0.2) is 0 Å². The van der Waals surface area contributed by atoms with Gasteiger partial charge in [-0.1, -0.05) is 0 Å². The molecule has 0 spiro atoms. The average Bonchev–Trinajstić information content (AvgIpc) is 1.87. The van der Waals surface area contributed by atoms with Crippen LogP contribution in [0.1, 0.15) is 6.42 Å². The second kappa shape index (κ2) is 1.85. The Morgan fingerprint density at radius 1 is 1.50 bits per heavy atom. The van der Waals surface area contributed by atoms with Crippen molar-refractivity contribution in [2.24, 2.45) is 0 Å². The van der Waals surface area contributed by atoms with Crippen molar-refractivity contribution in [1.82, 2.24) is 4.90 Å². The van der Waals surface area contributed by atoms with Gasteiger partial charge in [-0.15, -0.1) is 0 Å². The minimum absolute atomic E-state index is 0.149. The van der Waals surface area contributed by atoms with Crippen molar-refractivity contribution >= 4 is 6.09 Å². The fourth-order valence-electron chi connectivity index (χ4n) is 1.65. The molecule has 0 aromatic carbocycles. The number of nitrogens with zero attached hydrogens (tertiary/aromatic N) is 1. The van der Waals surface area contributed by atoms with Crippen LogP contribution in [0.25, 0.3) is 0 Å². The van der Waals surface area contributed by atoms with Gasteiger partial charge in [0.2, 0.25) is 0 Å². The molecule has 0 saturated carbocycles. The normalized spacial score (nSPS) is 37.0. The molecule has 3 aliphatic heterocycles. The highest BCUT2D eigenvalue weighted by molar-refractivity contribution is 5.67. The van der Waals surface area contributed by atoms with Gasteiger partial charge in [0.15, 0.2) is 0 Å². The predicted molar refractivity (Wildman–Crippen MR) is 32.9 cm³/mol. The second-order valence-electron chi connectivity index (χ2n) is 2.77. The molecule has 10 heavy (non-hydrogen) atoms. The first-order valence-electron chi connectivity index (χ1n) is 3.38. The summed E-state index contributed by atoms with van der Waals surface area (Å²) >= 11 is 0. The Morgan fingerprint density at radius 2 is 2.10 bits per heavy atom. The number of ether oxygens (including phenoxy) is 1. The number of rotatable bonds is 0. The van der Waals surface area contributed by atoms with Crippen molar-refractivity contribution in [3.8, 4) is 0 Å². The van der Waals surface area contributed by atoms with E-state index >= 15 is 0 Å². The molecular weight excluding hydrogens is 134 g/mol. The van der Waals surface area contributed by atoms with Crippen molar-refractivity contribution in [2.45, 2.75) is 18.5 Å². The summed E-state index contributed by atoms with van der Waals surface area (Å²) in [7, 11) is 0. The van der Waals surface area contributed by atoms with Crippen molar-refractivity contribution in [3.05, 3.63) is 0 Å². The molecular formula is C6H9NO3. The van der Waals surface area contributed by atoms with Gasteiger partial charge in [0.1, 0.15) is 0 Å². The summed E-state index contributed by atoms with van der Waals surface area (Å²) in [5.74, 6) is 0. The van der Waals surface area contributed by atoms with E-state index in [0.29, 0.717) is 13.2 Å². The van der Waals surface area contributed by atoms with Crippen LogP contribution in [-0.2, 0) is 4.74 Å². The molecule has 1 N–H and O–H groups in total. The zero-order valence-corrected chi connectivity index (χ0v) is 5.49. The molecule has 3 heterocycles. The number of morpholine rings is 1. The quantitative estimate of drug-likeness (QED) is 0.524. The summed E-state index contributed by atoms with van der Waals surface area (Å²) in [6.45, 7) is 1.17. The lowest BCUT2D eigenvalue weighted by molar-refractivity contribution is -0.109. The lowest BCUT2D eigenvalue weighted by Gasteiger charge is -2.50. The molecule has 2 bridgehead atoms. The molecule has 4 nitrogen and oxygen atoms in total. The summed E-state index contributed by atoms with van der Waals surface area (Å²) in [6, 6.07) is 0.299. The topological polar surface area (TPSA) is 49.8 Å². The summed E-state index contributed by atoms with van der Waals surface area (Å²) in [4.78, 5) is 12.0. The zero-order valence-electron chi connectivity index (χ0n) is 5.49. The van der Waals surface area contributed by atoms with Gasteiger partial charge in [0.05, 0.1) is 25.3 Å². The highest BCUT2D eigenvalue weighted by Gasteiger charge is 2.45. The summed E-state index contributed by atoms with van der Waals surface area (Å²) in [5.41, 5.74) is 0. The summed E-state index contributed by atoms with van der Waals surface area (Å²) in [5, 5.41) is 8.61. The summed E-state index contributed by atoms with van der Waals surface area (Å²) in [6.07, 6.45) is 0.191. The van der Waals surface area contributed by atoms with Gasteiger partial charge in [-0.3, -0.25) is 4.90 Å². The largest absolute Gasteiger partial charge is 0.465 e. The van der Waals surface area contributed by atoms with E-state index in [2.05, 4.69) is 0 Å². The Hall–Kier alpha value is -0.770. The third-order valence-corrected chi connectivity index (χ3v) is 2.17. The maximum absolute atomic E-state index is 10.5. The van der Waals surface area contributed by atoms with Gasteiger partial charge in [-0.25, -0.2) is 4.79 Å². The SMILES string of the molecule is O=C(O)N1C2COCC1C2. The van der Waals surface area contributed by atoms with Crippen molar-refractivity contribution in [3.63, 3.8) is 0 Å². The second-order valence-corrected chi connectivity index (χ2v) is 2.77. The Balaban J connectivity index is 2.06. The van der Waals surface area contributed by atoms with E-state index in [9.17, 15) is 4.79 Å². The number of hydrogen-bond donors (Lipinski definition) is 1. The van der Waals surface area contributed by atoms with Crippen LogP contribution in [0, 0.1) is 0 Å². The Morgan fingerprint density at radius 3 is 2.40 bits per heavy atom. The van der Waals surface area contributed by atoms with Crippen molar-refractivity contribution in [1.29, 1.82) is 0 Å². The molecule has 3 rings (SSSR count). The molecule has 4 heteroatoms. The molecule has 0 radical (unpaired) electrons. The maximum atomic E-state index is 10.5. The molecule has 3 aliphatic rings. The molecule has 0 aromatic heterocycles. The smallest absolute Gasteiger partial charge is 0.407 e. The number of carbonyl (C=O) groups is 1. The van der Waals surface area contributed by atoms with Gasteiger partial charge in [0.25, 0.3) is 0 Å². The Bertz CT molecular complexity index is 156. The van der Waals surface area contributed by atoms with Gasteiger partial charge in [-0.05, 0) is 6.42 Å². The van der Waals surface area contributed by atoms with Crippen molar-refractivity contribution < 1.29 is 14.6 Å². The van der Waals surface area contributed by atoms with Crippen LogP contribution in [0.2, 0.25) is 0 Å². The van der Waals surface area contributed by atoms with E-state index in [4.69, 9.17) is 9.84 Å². The van der Waals surface area contributed by atoms with Crippen LogP contribution in [0.4, 0.5) is 4.79 Å². The van der Waals surface area contributed by atoms with E-state index in [-0.39, 0.29) is 12.1 Å². The highest BCUT2D eigenvalue weighted by Crippen LogP contribution is 2.30. The number of fused-ring (bicyclic) bond motifs is 2. The van der Waals surface area contributed by atoms with Crippen LogP contribution in [-0.4, -0.2) is 41.4 Å². The van der Waals surface area contributed by atoms with Gasteiger partial charge in [0, 0.05) is 0 Å². The fourth-order valence-corrected chi connectivity index (χ4v) is 1.65. The molecule has 2 unspecified atom stereocenters. The van der Waals surface area contributed by atoms with Crippen LogP contribution >= 0.6 is 0 Å². The van der Waals surface area contributed by atoms with E-state index in [0.717, 1.165) is 6.42 Å². The zero-order chi connectivity index (χ0) is 7.14. The molecule has 2 atom stereocenters. The highest BCUT2D eigenvalue weighted by atomic mass is 16.5. The standard InChI is InChI=1S/C6H9NO3/c8-6(9)7-4-1-5(7)3-10-2-4/h4-5H,1-3H2,(H,8,9). The van der Waals surface area contributed by atoms with Crippen LogP contribution < -0.4 is 0 Å². The molecule has 1 amide bonds. The fraction of sp³-hybridized carbons (Fsp3) is 0.833. The third kappa shape index (κ3) is 0.623. The molecule has 0 aromatic rings. The Labute approximate surface area is 58.4 Å². The first-order valence-corrected chi connectivity index (χ1v) is 3.38. The monoisotopic (exact) mass is 143 g/mol. The van der Waals surface area contributed by atoms with Gasteiger partial charge in [-0.2, -0.15) is 0 Å². The molecule has 0 aliphatic carbocycles.